The molecule has 0 saturated carbocycles. The molecule has 0 spiro atoms. The molecule has 23 heavy (non-hydrogen) atoms. The van der Waals surface area contributed by atoms with Crippen LogP contribution in [0.25, 0.3) is 10.8 Å². The third kappa shape index (κ3) is 2.85. The molecular weight excluding hydrogens is 292 g/mol. The SMILES string of the molecule is Cc1ccccc1COC(=O)c1nn(C)c(=O)c2ccccc12. The molecular formula is C18H16N2O3. The average molecular weight is 308 g/mol. The van der Waals surface area contributed by atoms with Crippen molar-refractivity contribution in [2.45, 2.75) is 13.5 Å². The topological polar surface area (TPSA) is 61.2 Å². The summed E-state index contributed by atoms with van der Waals surface area (Å²) in [4.78, 5) is 24.5. The second kappa shape index (κ2) is 6.04. The van der Waals surface area contributed by atoms with Crippen LogP contribution in [-0.2, 0) is 18.4 Å². The van der Waals surface area contributed by atoms with Crippen molar-refractivity contribution < 1.29 is 9.53 Å². The summed E-state index contributed by atoms with van der Waals surface area (Å²) >= 11 is 0. The lowest BCUT2D eigenvalue weighted by atomic mass is 10.1. The Kier molecular flexibility index (Phi) is 3.93. The van der Waals surface area contributed by atoms with Crippen molar-refractivity contribution >= 4 is 16.7 Å². The molecule has 0 aliphatic carbocycles. The van der Waals surface area contributed by atoms with Gasteiger partial charge in [0, 0.05) is 12.4 Å². The Labute approximate surface area is 133 Å². The van der Waals surface area contributed by atoms with Crippen LogP contribution in [-0.4, -0.2) is 15.7 Å². The summed E-state index contributed by atoms with van der Waals surface area (Å²) in [7, 11) is 1.52. The van der Waals surface area contributed by atoms with Crippen molar-refractivity contribution in [1.82, 2.24) is 9.78 Å². The number of carbonyl (C=O) groups is 1. The highest BCUT2D eigenvalue weighted by Gasteiger charge is 2.17. The molecule has 0 atom stereocenters. The minimum absolute atomic E-state index is 0.149. The second-order valence-corrected chi connectivity index (χ2v) is 5.33. The summed E-state index contributed by atoms with van der Waals surface area (Å²) in [6, 6.07) is 14.6. The maximum Gasteiger partial charge on any atom is 0.359 e. The highest BCUT2D eigenvalue weighted by atomic mass is 16.5. The van der Waals surface area contributed by atoms with Crippen LogP contribution in [0.1, 0.15) is 21.6 Å². The number of rotatable bonds is 3. The molecule has 0 radical (unpaired) electrons. The standard InChI is InChI=1S/C18H16N2O3/c1-12-7-3-4-8-13(12)11-23-18(22)16-14-9-5-6-10-15(14)17(21)20(2)19-16/h3-10H,11H2,1-2H3. The Hall–Kier alpha value is -2.95. The maximum absolute atomic E-state index is 12.4. The normalized spacial score (nSPS) is 10.7. The Bertz CT molecular complexity index is 944. The molecule has 0 aliphatic heterocycles. The number of carbonyl (C=O) groups excluding carboxylic acids is 1. The van der Waals surface area contributed by atoms with Crippen LogP contribution in [0.15, 0.2) is 53.3 Å². The van der Waals surface area contributed by atoms with E-state index in [1.54, 1.807) is 24.3 Å². The monoisotopic (exact) mass is 308 g/mol. The van der Waals surface area contributed by atoms with E-state index in [0.29, 0.717) is 10.8 Å². The lowest BCUT2D eigenvalue weighted by Crippen LogP contribution is -2.23. The summed E-state index contributed by atoms with van der Waals surface area (Å²) in [6.07, 6.45) is 0. The molecule has 5 heteroatoms. The summed E-state index contributed by atoms with van der Waals surface area (Å²) in [6.45, 7) is 2.13. The minimum Gasteiger partial charge on any atom is -0.456 e. The molecule has 3 rings (SSSR count). The number of hydrogen-bond acceptors (Lipinski definition) is 4. The second-order valence-electron chi connectivity index (χ2n) is 5.33. The largest absolute Gasteiger partial charge is 0.456 e. The zero-order valence-electron chi connectivity index (χ0n) is 12.9. The Morgan fingerprint density at radius 2 is 1.74 bits per heavy atom. The Morgan fingerprint density at radius 1 is 1.09 bits per heavy atom. The van der Waals surface area contributed by atoms with Gasteiger partial charge in [0.25, 0.3) is 5.56 Å². The molecule has 3 aromatic rings. The molecule has 0 aliphatic rings. The first kappa shape index (κ1) is 15.0. The van der Waals surface area contributed by atoms with Gasteiger partial charge < -0.3 is 4.74 Å². The van der Waals surface area contributed by atoms with E-state index < -0.39 is 5.97 Å². The van der Waals surface area contributed by atoms with Gasteiger partial charge in [0.1, 0.15) is 6.61 Å². The van der Waals surface area contributed by atoms with Gasteiger partial charge >= 0.3 is 5.97 Å². The van der Waals surface area contributed by atoms with E-state index in [4.69, 9.17) is 4.74 Å². The molecule has 0 amide bonds. The predicted octanol–water partition coefficient (Wildman–Crippen LogP) is 2.60. The van der Waals surface area contributed by atoms with E-state index in [-0.39, 0.29) is 17.9 Å². The van der Waals surface area contributed by atoms with Crippen molar-refractivity contribution in [2.75, 3.05) is 0 Å². The van der Waals surface area contributed by atoms with Crippen LogP contribution in [0, 0.1) is 6.92 Å². The molecule has 5 nitrogen and oxygen atoms in total. The molecule has 1 heterocycles. The number of esters is 1. The summed E-state index contributed by atoms with van der Waals surface area (Å²) in [5.74, 6) is -0.542. The highest BCUT2D eigenvalue weighted by Crippen LogP contribution is 2.15. The van der Waals surface area contributed by atoms with Gasteiger partial charge in [-0.1, -0.05) is 42.5 Å². The first-order chi connectivity index (χ1) is 11.1. The third-order valence-corrected chi connectivity index (χ3v) is 3.77. The van der Waals surface area contributed by atoms with Crippen molar-refractivity contribution in [2.24, 2.45) is 7.05 Å². The zero-order chi connectivity index (χ0) is 16.4. The van der Waals surface area contributed by atoms with Gasteiger partial charge in [0.15, 0.2) is 5.69 Å². The molecule has 0 fully saturated rings. The van der Waals surface area contributed by atoms with Crippen LogP contribution in [0.5, 0.6) is 0 Å². The summed E-state index contributed by atoms with van der Waals surface area (Å²) < 4.78 is 6.54. The molecule has 1 aromatic heterocycles. The maximum atomic E-state index is 12.4. The van der Waals surface area contributed by atoms with Gasteiger partial charge in [-0.2, -0.15) is 5.10 Å². The van der Waals surface area contributed by atoms with Gasteiger partial charge in [0.05, 0.1) is 5.39 Å². The van der Waals surface area contributed by atoms with E-state index in [1.165, 1.54) is 7.05 Å². The summed E-state index contributed by atoms with van der Waals surface area (Å²) in [5.41, 5.74) is 1.90. The molecule has 0 unspecified atom stereocenters. The van der Waals surface area contributed by atoms with E-state index in [2.05, 4.69) is 5.10 Å². The van der Waals surface area contributed by atoms with Crippen molar-refractivity contribution in [3.8, 4) is 0 Å². The lowest BCUT2D eigenvalue weighted by Gasteiger charge is -2.09. The lowest BCUT2D eigenvalue weighted by molar-refractivity contribution is 0.0465. The van der Waals surface area contributed by atoms with Crippen LogP contribution < -0.4 is 5.56 Å². The minimum atomic E-state index is -0.542. The van der Waals surface area contributed by atoms with Crippen LogP contribution >= 0.6 is 0 Å². The Morgan fingerprint density at radius 3 is 2.48 bits per heavy atom. The van der Waals surface area contributed by atoms with Gasteiger partial charge in [-0.05, 0) is 24.1 Å². The summed E-state index contributed by atoms with van der Waals surface area (Å²) in [5, 5.41) is 5.02. The van der Waals surface area contributed by atoms with E-state index in [9.17, 15) is 9.59 Å². The number of fused-ring (bicyclic) bond motifs is 1. The fourth-order valence-corrected chi connectivity index (χ4v) is 2.43. The van der Waals surface area contributed by atoms with Crippen LogP contribution in [0.2, 0.25) is 0 Å². The van der Waals surface area contributed by atoms with Crippen LogP contribution in [0.4, 0.5) is 0 Å². The number of aryl methyl sites for hydroxylation is 2. The average Bonchev–Trinajstić information content (AvgIpc) is 2.57. The smallest absolute Gasteiger partial charge is 0.359 e. The van der Waals surface area contributed by atoms with Crippen LogP contribution in [0.3, 0.4) is 0 Å². The van der Waals surface area contributed by atoms with E-state index >= 15 is 0 Å². The third-order valence-electron chi connectivity index (χ3n) is 3.77. The molecule has 2 aromatic carbocycles. The fraction of sp³-hybridized carbons (Fsp3) is 0.167. The van der Waals surface area contributed by atoms with Gasteiger partial charge in [-0.25, -0.2) is 9.48 Å². The molecule has 0 saturated heterocycles. The quantitative estimate of drug-likeness (QED) is 0.698. The Balaban J connectivity index is 1.94. The zero-order valence-corrected chi connectivity index (χ0v) is 12.9. The fourth-order valence-electron chi connectivity index (χ4n) is 2.43. The van der Waals surface area contributed by atoms with Gasteiger partial charge in [0.2, 0.25) is 0 Å². The number of ether oxygens (including phenoxy) is 1. The van der Waals surface area contributed by atoms with Gasteiger partial charge in [-0.3, -0.25) is 4.79 Å². The number of hydrogen-bond donors (Lipinski definition) is 0. The van der Waals surface area contributed by atoms with Crippen molar-refractivity contribution in [1.29, 1.82) is 0 Å². The van der Waals surface area contributed by atoms with E-state index in [0.717, 1.165) is 15.8 Å². The van der Waals surface area contributed by atoms with E-state index in [1.807, 2.05) is 31.2 Å². The number of benzene rings is 2. The first-order valence-corrected chi connectivity index (χ1v) is 7.25. The highest BCUT2D eigenvalue weighted by molar-refractivity contribution is 6.02. The van der Waals surface area contributed by atoms with Crippen molar-refractivity contribution in [3.63, 3.8) is 0 Å². The number of nitrogens with zero attached hydrogens (tertiary/aromatic N) is 2. The molecule has 116 valence electrons. The molecule has 0 bridgehead atoms. The van der Waals surface area contributed by atoms with Crippen molar-refractivity contribution in [3.05, 3.63) is 75.7 Å². The molecule has 0 N–H and O–H groups in total. The van der Waals surface area contributed by atoms with Gasteiger partial charge in [-0.15, -0.1) is 0 Å². The first-order valence-electron chi connectivity index (χ1n) is 7.25. The number of aromatic nitrogens is 2. The predicted molar refractivity (Wildman–Crippen MR) is 87.3 cm³/mol.